The number of aryl methyl sites for hydroxylation is 1. The van der Waals surface area contributed by atoms with Crippen molar-refractivity contribution in [3.63, 3.8) is 0 Å². The number of benzene rings is 2. The summed E-state index contributed by atoms with van der Waals surface area (Å²) in [6.45, 7) is 1.81. The second-order valence-corrected chi connectivity index (χ2v) is 4.26. The van der Waals surface area contributed by atoms with Gasteiger partial charge in [-0.1, -0.05) is 18.2 Å². The highest BCUT2D eigenvalue weighted by molar-refractivity contribution is 5.78. The van der Waals surface area contributed by atoms with E-state index in [1.807, 2.05) is 25.1 Å². The maximum absolute atomic E-state index is 11.1. The molecule has 0 saturated carbocycles. The third kappa shape index (κ3) is 1.95. The van der Waals surface area contributed by atoms with Gasteiger partial charge in [-0.05, 0) is 30.7 Å². The van der Waals surface area contributed by atoms with Crippen molar-refractivity contribution < 1.29 is 9.34 Å². The van der Waals surface area contributed by atoms with Crippen LogP contribution in [-0.2, 0) is 0 Å². The molecule has 0 spiro atoms. The highest BCUT2D eigenvalue weighted by Gasteiger charge is 2.19. The first-order valence-electron chi connectivity index (χ1n) is 5.76. The van der Waals surface area contributed by atoms with Gasteiger partial charge in [0.2, 0.25) is 5.89 Å². The maximum Gasteiger partial charge on any atom is 0.282 e. The van der Waals surface area contributed by atoms with Crippen molar-refractivity contribution in [1.82, 2.24) is 4.98 Å². The van der Waals surface area contributed by atoms with E-state index in [1.165, 1.54) is 6.07 Å². The first-order valence-corrected chi connectivity index (χ1v) is 5.76. The lowest BCUT2D eigenvalue weighted by Gasteiger charge is -1.99. The van der Waals surface area contributed by atoms with E-state index in [0.29, 0.717) is 16.7 Å². The molecule has 5 nitrogen and oxygen atoms in total. The van der Waals surface area contributed by atoms with E-state index in [9.17, 15) is 10.1 Å². The van der Waals surface area contributed by atoms with E-state index in [-0.39, 0.29) is 11.6 Å². The third-order valence-corrected chi connectivity index (χ3v) is 2.87. The Balaban J connectivity index is 2.23. The fourth-order valence-electron chi connectivity index (χ4n) is 1.96. The molecule has 0 unspecified atom stereocenters. The quantitative estimate of drug-likeness (QED) is 0.516. The number of hydrogen-bond donors (Lipinski definition) is 0. The molecule has 0 bridgehead atoms. The maximum atomic E-state index is 11.1. The van der Waals surface area contributed by atoms with E-state index in [0.717, 1.165) is 5.56 Å². The molecule has 0 aliphatic carbocycles. The minimum atomic E-state index is -0.419. The van der Waals surface area contributed by atoms with Crippen LogP contribution >= 0.6 is 0 Å². The normalized spacial score (nSPS) is 10.8. The first-order chi connectivity index (χ1) is 9.15. The van der Waals surface area contributed by atoms with Gasteiger partial charge in [-0.15, -0.1) is 0 Å². The van der Waals surface area contributed by atoms with Crippen molar-refractivity contribution in [1.29, 1.82) is 0 Å². The predicted molar refractivity (Wildman–Crippen MR) is 70.8 cm³/mol. The molecule has 0 saturated heterocycles. The molecule has 2 aromatic carbocycles. The summed E-state index contributed by atoms with van der Waals surface area (Å²) in [5.74, 6) is 0.271. The Morgan fingerprint density at radius 2 is 2.00 bits per heavy atom. The van der Waals surface area contributed by atoms with Gasteiger partial charge in [0.25, 0.3) is 5.69 Å². The van der Waals surface area contributed by atoms with Crippen LogP contribution in [0.5, 0.6) is 0 Å². The van der Waals surface area contributed by atoms with Crippen LogP contribution < -0.4 is 0 Å². The molecule has 1 heterocycles. The van der Waals surface area contributed by atoms with Crippen molar-refractivity contribution in [2.75, 3.05) is 0 Å². The number of hydrogen-bond acceptors (Lipinski definition) is 4. The van der Waals surface area contributed by atoms with Crippen molar-refractivity contribution in [2.24, 2.45) is 0 Å². The summed E-state index contributed by atoms with van der Waals surface area (Å²) in [5, 5.41) is 11.1. The van der Waals surface area contributed by atoms with Gasteiger partial charge in [-0.2, -0.15) is 0 Å². The van der Waals surface area contributed by atoms with Gasteiger partial charge >= 0.3 is 0 Å². The highest BCUT2D eigenvalue weighted by Crippen LogP contribution is 2.32. The first kappa shape index (κ1) is 11.4. The largest absolute Gasteiger partial charge is 0.436 e. The molecule has 19 heavy (non-hydrogen) atoms. The molecule has 0 N–H and O–H groups in total. The monoisotopic (exact) mass is 254 g/mol. The summed E-state index contributed by atoms with van der Waals surface area (Å²) in [5.41, 5.74) is 2.53. The van der Waals surface area contributed by atoms with Crippen LogP contribution in [0.15, 0.2) is 46.9 Å². The Morgan fingerprint density at radius 1 is 1.21 bits per heavy atom. The Labute approximate surface area is 108 Å². The van der Waals surface area contributed by atoms with E-state index in [4.69, 9.17) is 4.42 Å². The van der Waals surface area contributed by atoms with E-state index < -0.39 is 4.92 Å². The summed E-state index contributed by atoms with van der Waals surface area (Å²) in [4.78, 5) is 15.0. The van der Waals surface area contributed by atoms with Crippen LogP contribution in [0.1, 0.15) is 5.56 Å². The summed E-state index contributed by atoms with van der Waals surface area (Å²) in [6.07, 6.45) is 0. The Hall–Kier alpha value is -2.69. The lowest BCUT2D eigenvalue weighted by Crippen LogP contribution is -1.92. The molecule has 0 aliphatic rings. The van der Waals surface area contributed by atoms with Gasteiger partial charge in [0.15, 0.2) is 5.58 Å². The number of nitro benzene ring substituents is 1. The van der Waals surface area contributed by atoms with Gasteiger partial charge < -0.3 is 4.42 Å². The smallest absolute Gasteiger partial charge is 0.282 e. The summed E-state index contributed by atoms with van der Waals surface area (Å²) in [7, 11) is 0. The van der Waals surface area contributed by atoms with Crippen molar-refractivity contribution in [3.8, 4) is 11.5 Å². The van der Waals surface area contributed by atoms with Crippen LogP contribution in [0.3, 0.4) is 0 Å². The highest BCUT2D eigenvalue weighted by atomic mass is 16.6. The standard InChI is InChI=1S/C14H10N2O3/c1-9-6-7-10(12(8-9)16(17)18)14-15-11-4-2-3-5-13(11)19-14/h2-8H,1H3. The van der Waals surface area contributed by atoms with Gasteiger partial charge in [-0.3, -0.25) is 10.1 Å². The van der Waals surface area contributed by atoms with Gasteiger partial charge in [-0.25, -0.2) is 4.98 Å². The van der Waals surface area contributed by atoms with E-state index in [2.05, 4.69) is 4.98 Å². The minimum absolute atomic E-state index is 0.00607. The lowest BCUT2D eigenvalue weighted by molar-refractivity contribution is -0.384. The predicted octanol–water partition coefficient (Wildman–Crippen LogP) is 3.71. The molecule has 0 amide bonds. The summed E-state index contributed by atoms with van der Waals surface area (Å²) in [6, 6.07) is 12.3. The van der Waals surface area contributed by atoms with Gasteiger partial charge in [0.1, 0.15) is 11.1 Å². The fraction of sp³-hybridized carbons (Fsp3) is 0.0714. The van der Waals surface area contributed by atoms with E-state index >= 15 is 0 Å². The Bertz CT molecular complexity index is 744. The second-order valence-electron chi connectivity index (χ2n) is 4.26. The fourth-order valence-corrected chi connectivity index (χ4v) is 1.96. The zero-order valence-corrected chi connectivity index (χ0v) is 10.2. The van der Waals surface area contributed by atoms with E-state index in [1.54, 1.807) is 18.2 Å². The molecule has 0 aliphatic heterocycles. The van der Waals surface area contributed by atoms with Crippen molar-refractivity contribution in [3.05, 3.63) is 58.1 Å². The van der Waals surface area contributed by atoms with Crippen LogP contribution in [-0.4, -0.2) is 9.91 Å². The SMILES string of the molecule is Cc1ccc(-c2nc3ccccc3o2)c([N+](=O)[O-])c1. The summed E-state index contributed by atoms with van der Waals surface area (Å²) >= 11 is 0. The van der Waals surface area contributed by atoms with Crippen molar-refractivity contribution >= 4 is 16.8 Å². The minimum Gasteiger partial charge on any atom is -0.436 e. The molecule has 3 rings (SSSR count). The van der Waals surface area contributed by atoms with Gasteiger partial charge in [0, 0.05) is 6.07 Å². The molecule has 0 radical (unpaired) electrons. The average Bonchev–Trinajstić information content (AvgIpc) is 2.82. The number of fused-ring (bicyclic) bond motifs is 1. The molecular weight excluding hydrogens is 244 g/mol. The lowest BCUT2D eigenvalue weighted by atomic mass is 10.1. The zero-order chi connectivity index (χ0) is 13.4. The molecule has 94 valence electrons. The molecule has 3 aromatic rings. The van der Waals surface area contributed by atoms with Crippen LogP contribution in [0.25, 0.3) is 22.6 Å². The molecule has 0 fully saturated rings. The molecule has 1 aromatic heterocycles. The summed E-state index contributed by atoms with van der Waals surface area (Å²) < 4.78 is 5.57. The average molecular weight is 254 g/mol. The number of nitrogens with zero attached hydrogens (tertiary/aromatic N) is 2. The number of oxazole rings is 1. The van der Waals surface area contributed by atoms with Crippen LogP contribution in [0.4, 0.5) is 5.69 Å². The third-order valence-electron chi connectivity index (χ3n) is 2.87. The molecule has 0 atom stereocenters. The number of aromatic nitrogens is 1. The Kier molecular flexibility index (Phi) is 2.52. The second kappa shape index (κ2) is 4.20. The molecule has 5 heteroatoms. The molecular formula is C14H10N2O3. The topological polar surface area (TPSA) is 69.2 Å². The number of rotatable bonds is 2. The number of nitro groups is 1. The zero-order valence-electron chi connectivity index (χ0n) is 10.2. The van der Waals surface area contributed by atoms with Crippen molar-refractivity contribution in [2.45, 2.75) is 6.92 Å². The Morgan fingerprint density at radius 3 is 2.74 bits per heavy atom. The number of para-hydroxylation sites is 2. The van der Waals surface area contributed by atoms with Gasteiger partial charge in [0.05, 0.1) is 4.92 Å². The van der Waals surface area contributed by atoms with Crippen LogP contribution in [0.2, 0.25) is 0 Å². The van der Waals surface area contributed by atoms with Crippen LogP contribution in [0, 0.1) is 17.0 Å².